The van der Waals surface area contributed by atoms with Crippen molar-refractivity contribution < 1.29 is 9.53 Å². The number of hydrogen-bond acceptors (Lipinski definition) is 5. The molecule has 1 N–H and O–H groups in total. The van der Waals surface area contributed by atoms with Crippen LogP contribution in [0.15, 0.2) is 42.6 Å². The minimum absolute atomic E-state index is 0.122. The molecule has 1 amide bonds. The molecule has 1 aliphatic heterocycles. The second-order valence-electron chi connectivity index (χ2n) is 5.73. The van der Waals surface area contributed by atoms with E-state index in [1.165, 1.54) is 0 Å². The summed E-state index contributed by atoms with van der Waals surface area (Å²) in [5.41, 5.74) is 2.10. The molecular weight excluding hydrogens is 322 g/mol. The highest BCUT2D eigenvalue weighted by atomic mass is 32.1. The largest absolute Gasteiger partial charge is 0.376 e. The summed E-state index contributed by atoms with van der Waals surface area (Å²) in [6.07, 6.45) is 3.87. The average Bonchev–Trinajstić information content (AvgIpc) is 3.29. The standard InChI is InChI=1S/C18H17N3O2S/c22-17(20-11-12-5-4-10-23-12)13-6-3-9-19-16(13)18-21-14-7-1-2-8-15(14)24-18/h1-3,6-9,12H,4-5,10-11H2,(H,20,22)/t12-/m1/s1. The normalized spacial score (nSPS) is 17.2. The van der Waals surface area contributed by atoms with Crippen molar-refractivity contribution in [2.45, 2.75) is 18.9 Å². The number of amides is 1. The minimum Gasteiger partial charge on any atom is -0.376 e. The van der Waals surface area contributed by atoms with E-state index in [2.05, 4.69) is 15.3 Å². The summed E-state index contributed by atoms with van der Waals surface area (Å²) in [6.45, 7) is 1.32. The molecule has 24 heavy (non-hydrogen) atoms. The van der Waals surface area contributed by atoms with Crippen LogP contribution in [0.4, 0.5) is 0 Å². The van der Waals surface area contributed by atoms with Gasteiger partial charge >= 0.3 is 0 Å². The van der Waals surface area contributed by atoms with Crippen LogP contribution in [-0.4, -0.2) is 35.1 Å². The number of ether oxygens (including phenoxy) is 1. The van der Waals surface area contributed by atoms with Crippen LogP contribution in [0.3, 0.4) is 0 Å². The highest BCUT2D eigenvalue weighted by Gasteiger charge is 2.20. The summed E-state index contributed by atoms with van der Waals surface area (Å²) >= 11 is 1.55. The number of aromatic nitrogens is 2. The summed E-state index contributed by atoms with van der Waals surface area (Å²) in [7, 11) is 0. The first-order valence-electron chi connectivity index (χ1n) is 8.02. The SMILES string of the molecule is O=C(NC[C@H]1CCCO1)c1cccnc1-c1nc2ccccc2s1. The fraction of sp³-hybridized carbons (Fsp3) is 0.278. The molecule has 4 rings (SSSR count). The van der Waals surface area contributed by atoms with Gasteiger partial charge in [-0.25, -0.2) is 4.98 Å². The van der Waals surface area contributed by atoms with Crippen molar-refractivity contribution in [1.29, 1.82) is 0 Å². The molecule has 1 aromatic carbocycles. The molecule has 122 valence electrons. The summed E-state index contributed by atoms with van der Waals surface area (Å²) in [5.74, 6) is -0.132. The molecule has 0 spiro atoms. The number of nitrogens with zero attached hydrogens (tertiary/aromatic N) is 2. The number of carbonyl (C=O) groups excluding carboxylic acids is 1. The first-order chi connectivity index (χ1) is 11.8. The highest BCUT2D eigenvalue weighted by molar-refractivity contribution is 7.21. The molecule has 6 heteroatoms. The lowest BCUT2D eigenvalue weighted by molar-refractivity contribution is 0.0858. The number of thiazole rings is 1. The summed E-state index contributed by atoms with van der Waals surface area (Å²) in [5, 5.41) is 3.72. The predicted octanol–water partition coefficient (Wildman–Crippen LogP) is 3.27. The molecule has 0 bridgehead atoms. The van der Waals surface area contributed by atoms with Crippen LogP contribution in [0, 0.1) is 0 Å². The Labute approximate surface area is 143 Å². The van der Waals surface area contributed by atoms with Crippen LogP contribution in [0.25, 0.3) is 20.9 Å². The van der Waals surface area contributed by atoms with E-state index >= 15 is 0 Å². The number of fused-ring (bicyclic) bond motifs is 1. The van der Waals surface area contributed by atoms with E-state index in [9.17, 15) is 4.79 Å². The molecule has 2 aromatic heterocycles. The zero-order valence-electron chi connectivity index (χ0n) is 13.1. The minimum atomic E-state index is -0.132. The topological polar surface area (TPSA) is 64.1 Å². The Kier molecular flexibility index (Phi) is 4.23. The van der Waals surface area contributed by atoms with Gasteiger partial charge in [-0.1, -0.05) is 12.1 Å². The quantitative estimate of drug-likeness (QED) is 0.792. The maximum atomic E-state index is 12.6. The van der Waals surface area contributed by atoms with Crippen LogP contribution < -0.4 is 5.32 Å². The fourth-order valence-corrected chi connectivity index (χ4v) is 3.82. The van der Waals surface area contributed by atoms with Crippen LogP contribution in [0.1, 0.15) is 23.2 Å². The van der Waals surface area contributed by atoms with Gasteiger partial charge < -0.3 is 10.1 Å². The monoisotopic (exact) mass is 339 g/mol. The summed E-state index contributed by atoms with van der Waals surface area (Å²) in [6, 6.07) is 11.5. The van der Waals surface area contributed by atoms with Crippen molar-refractivity contribution in [3.8, 4) is 10.7 Å². The summed E-state index contributed by atoms with van der Waals surface area (Å²) in [4.78, 5) is 21.6. The predicted molar refractivity (Wildman–Crippen MR) is 94.2 cm³/mol. The maximum Gasteiger partial charge on any atom is 0.253 e. The van der Waals surface area contributed by atoms with Crippen molar-refractivity contribution in [2.75, 3.05) is 13.2 Å². The van der Waals surface area contributed by atoms with Gasteiger partial charge in [0.05, 0.1) is 21.9 Å². The van der Waals surface area contributed by atoms with Crippen LogP contribution in [-0.2, 0) is 4.74 Å². The Bertz CT molecular complexity index is 838. The Morgan fingerprint density at radius 3 is 3.04 bits per heavy atom. The first kappa shape index (κ1) is 15.2. The zero-order valence-corrected chi connectivity index (χ0v) is 13.9. The van der Waals surface area contributed by atoms with Crippen molar-refractivity contribution in [1.82, 2.24) is 15.3 Å². The molecule has 1 fully saturated rings. The van der Waals surface area contributed by atoms with Crippen LogP contribution >= 0.6 is 11.3 Å². The van der Waals surface area contributed by atoms with Crippen molar-refractivity contribution >= 4 is 27.5 Å². The lowest BCUT2D eigenvalue weighted by atomic mass is 10.1. The van der Waals surface area contributed by atoms with E-state index in [-0.39, 0.29) is 12.0 Å². The molecule has 0 aliphatic carbocycles. The van der Waals surface area contributed by atoms with Gasteiger partial charge in [-0.15, -0.1) is 11.3 Å². The number of para-hydroxylation sites is 1. The average molecular weight is 339 g/mol. The van der Waals surface area contributed by atoms with Gasteiger partial charge in [0.15, 0.2) is 0 Å². The molecule has 0 radical (unpaired) electrons. The number of nitrogens with one attached hydrogen (secondary N) is 1. The van der Waals surface area contributed by atoms with Gasteiger partial charge in [0.1, 0.15) is 10.7 Å². The summed E-state index contributed by atoms with van der Waals surface area (Å²) < 4.78 is 6.64. The molecule has 0 saturated carbocycles. The smallest absolute Gasteiger partial charge is 0.253 e. The van der Waals surface area contributed by atoms with E-state index in [0.29, 0.717) is 17.8 Å². The Hall–Kier alpha value is -2.31. The second-order valence-corrected chi connectivity index (χ2v) is 6.76. The van der Waals surface area contributed by atoms with Crippen molar-refractivity contribution in [3.05, 3.63) is 48.2 Å². The maximum absolute atomic E-state index is 12.6. The van der Waals surface area contributed by atoms with Crippen LogP contribution in [0.5, 0.6) is 0 Å². The molecule has 1 aliphatic rings. The zero-order chi connectivity index (χ0) is 16.4. The Balaban J connectivity index is 1.60. The number of rotatable bonds is 4. The van der Waals surface area contributed by atoms with Crippen molar-refractivity contribution in [2.24, 2.45) is 0 Å². The second kappa shape index (κ2) is 6.67. The molecule has 3 heterocycles. The third-order valence-electron chi connectivity index (χ3n) is 4.06. The lowest BCUT2D eigenvalue weighted by Crippen LogP contribution is -2.32. The van der Waals surface area contributed by atoms with E-state index in [1.54, 1.807) is 29.7 Å². The molecule has 3 aromatic rings. The Morgan fingerprint density at radius 2 is 2.21 bits per heavy atom. The molecule has 0 unspecified atom stereocenters. The number of pyridine rings is 1. The number of hydrogen-bond donors (Lipinski definition) is 1. The van der Waals surface area contributed by atoms with Gasteiger partial charge in [0.25, 0.3) is 5.91 Å². The lowest BCUT2D eigenvalue weighted by Gasteiger charge is -2.11. The van der Waals surface area contributed by atoms with E-state index < -0.39 is 0 Å². The van der Waals surface area contributed by atoms with E-state index in [1.807, 2.05) is 24.3 Å². The molecule has 1 saturated heterocycles. The molecule has 5 nitrogen and oxygen atoms in total. The van der Waals surface area contributed by atoms with Gasteiger partial charge in [0, 0.05) is 19.3 Å². The van der Waals surface area contributed by atoms with Gasteiger partial charge in [-0.2, -0.15) is 0 Å². The third-order valence-corrected chi connectivity index (χ3v) is 5.11. The van der Waals surface area contributed by atoms with Gasteiger partial charge in [-0.05, 0) is 37.1 Å². The van der Waals surface area contributed by atoms with Crippen molar-refractivity contribution in [3.63, 3.8) is 0 Å². The van der Waals surface area contributed by atoms with E-state index in [4.69, 9.17) is 4.74 Å². The van der Waals surface area contributed by atoms with Crippen LogP contribution in [0.2, 0.25) is 0 Å². The Morgan fingerprint density at radius 1 is 1.29 bits per heavy atom. The first-order valence-corrected chi connectivity index (χ1v) is 8.84. The van der Waals surface area contributed by atoms with Gasteiger partial charge in [0.2, 0.25) is 0 Å². The molecule has 1 atom stereocenters. The molecular formula is C18H17N3O2S. The van der Waals surface area contributed by atoms with Gasteiger partial charge in [-0.3, -0.25) is 9.78 Å². The fourth-order valence-electron chi connectivity index (χ4n) is 2.84. The number of carbonyl (C=O) groups is 1. The number of benzene rings is 1. The third kappa shape index (κ3) is 3.02. The highest BCUT2D eigenvalue weighted by Crippen LogP contribution is 2.30. The van der Waals surface area contributed by atoms with E-state index in [0.717, 1.165) is 34.7 Å².